The van der Waals surface area contributed by atoms with Gasteiger partial charge in [0, 0.05) is 12.6 Å². The maximum atomic E-state index is 12.5. The van der Waals surface area contributed by atoms with Gasteiger partial charge in [0.1, 0.15) is 5.75 Å². The number of carbonyl (C=O) groups is 1. The van der Waals surface area contributed by atoms with E-state index in [1.54, 1.807) is 20.8 Å². The van der Waals surface area contributed by atoms with Crippen LogP contribution in [0.2, 0.25) is 0 Å². The summed E-state index contributed by atoms with van der Waals surface area (Å²) in [7, 11) is 0. The highest BCUT2D eigenvalue weighted by molar-refractivity contribution is 5.88. The van der Waals surface area contributed by atoms with Crippen molar-refractivity contribution in [2.45, 2.75) is 47.9 Å². The third kappa shape index (κ3) is 8.42. The molecule has 29 heavy (non-hydrogen) atoms. The Morgan fingerprint density at radius 1 is 1.10 bits per heavy atom. The van der Waals surface area contributed by atoms with Crippen molar-refractivity contribution in [2.24, 2.45) is 0 Å². The second kappa shape index (κ2) is 10.7. The number of carbonyl (C=O) groups excluding carboxylic acids is 1. The molecule has 0 saturated carbocycles. The Morgan fingerprint density at radius 3 is 2.34 bits per heavy atom. The van der Waals surface area contributed by atoms with Gasteiger partial charge in [-0.05, 0) is 75.4 Å². The predicted molar refractivity (Wildman–Crippen MR) is 112 cm³/mol. The average Bonchev–Trinajstić information content (AvgIpc) is 2.58. The van der Waals surface area contributed by atoms with Gasteiger partial charge in [-0.2, -0.15) is 0 Å². The topological polar surface area (TPSA) is 38.3 Å². The summed E-state index contributed by atoms with van der Waals surface area (Å²) in [6.07, 6.45) is 6.16. The van der Waals surface area contributed by atoms with Crippen LogP contribution in [0.15, 0.2) is 47.6 Å². The van der Waals surface area contributed by atoms with Gasteiger partial charge in [-0.25, -0.2) is 0 Å². The normalized spacial score (nSPS) is 13.4. The number of rotatable bonds is 7. The van der Waals surface area contributed by atoms with Crippen molar-refractivity contribution < 1.29 is 22.7 Å². The third-order valence-electron chi connectivity index (χ3n) is 4.28. The van der Waals surface area contributed by atoms with Crippen LogP contribution in [-0.4, -0.2) is 18.8 Å². The van der Waals surface area contributed by atoms with E-state index in [-0.39, 0.29) is 11.7 Å². The molecule has 0 aliphatic heterocycles. The van der Waals surface area contributed by atoms with E-state index in [0.29, 0.717) is 17.7 Å². The standard InChI is InChI=1S/C23H28F3NO2/c1-7-27-22(28)13-16(3)10-8-9-15(2)11-12-20-17(4)14-21(19(6)18(20)5)29-23(24,25)26/h8-14H,7H2,1-6H3,(H,27,28). The first-order chi connectivity index (χ1) is 13.4. The molecule has 158 valence electrons. The molecule has 0 heterocycles. The highest BCUT2D eigenvalue weighted by atomic mass is 19.4. The molecule has 1 N–H and O–H groups in total. The molecule has 0 saturated heterocycles. The fourth-order valence-corrected chi connectivity index (χ4v) is 2.65. The minimum atomic E-state index is -4.71. The zero-order valence-corrected chi connectivity index (χ0v) is 17.7. The number of alkyl halides is 3. The Kier molecular flexibility index (Phi) is 8.95. The molecule has 0 aliphatic carbocycles. The molecule has 0 aromatic heterocycles. The number of hydrogen-bond acceptors (Lipinski definition) is 2. The first kappa shape index (κ1) is 24.3. The number of halogens is 3. The second-order valence-corrected chi connectivity index (χ2v) is 6.79. The summed E-state index contributed by atoms with van der Waals surface area (Å²) in [4.78, 5) is 11.5. The lowest BCUT2D eigenvalue weighted by molar-refractivity contribution is -0.274. The number of benzene rings is 1. The van der Waals surface area contributed by atoms with E-state index in [1.165, 1.54) is 12.1 Å². The summed E-state index contributed by atoms with van der Waals surface area (Å²) in [5.41, 5.74) is 4.55. The first-order valence-electron chi connectivity index (χ1n) is 9.30. The smallest absolute Gasteiger partial charge is 0.405 e. The lowest BCUT2D eigenvalue weighted by Gasteiger charge is -2.16. The SMILES string of the molecule is CCNC(=O)C=C(C)C=CC=C(C)C=Cc1c(C)cc(OC(F)(F)F)c(C)c1C. The number of allylic oxidation sites excluding steroid dienone is 6. The molecule has 0 aliphatic rings. The van der Waals surface area contributed by atoms with Gasteiger partial charge in [0.15, 0.2) is 0 Å². The molecule has 0 fully saturated rings. The zero-order chi connectivity index (χ0) is 22.2. The number of ether oxygens (including phenoxy) is 1. The van der Waals surface area contributed by atoms with Crippen molar-refractivity contribution in [1.82, 2.24) is 5.32 Å². The molecule has 0 spiro atoms. The number of nitrogens with one attached hydrogen (secondary N) is 1. The van der Waals surface area contributed by atoms with Crippen LogP contribution in [0.5, 0.6) is 5.75 Å². The molecule has 1 rings (SSSR count). The fraction of sp³-hybridized carbons (Fsp3) is 0.348. The summed E-state index contributed by atoms with van der Waals surface area (Å²) in [5, 5.41) is 2.70. The van der Waals surface area contributed by atoms with Crippen molar-refractivity contribution in [2.75, 3.05) is 6.54 Å². The zero-order valence-electron chi connectivity index (χ0n) is 17.7. The van der Waals surface area contributed by atoms with E-state index in [9.17, 15) is 18.0 Å². The summed E-state index contributed by atoms with van der Waals surface area (Å²) >= 11 is 0. The summed E-state index contributed by atoms with van der Waals surface area (Å²) < 4.78 is 41.8. The minimum Gasteiger partial charge on any atom is -0.405 e. The first-order valence-corrected chi connectivity index (χ1v) is 9.30. The van der Waals surface area contributed by atoms with Crippen LogP contribution in [0.25, 0.3) is 6.08 Å². The maximum absolute atomic E-state index is 12.5. The molecule has 0 radical (unpaired) electrons. The van der Waals surface area contributed by atoms with Crippen LogP contribution < -0.4 is 10.1 Å². The molecule has 0 unspecified atom stereocenters. The lowest BCUT2D eigenvalue weighted by Crippen LogP contribution is -2.20. The van der Waals surface area contributed by atoms with Gasteiger partial charge in [-0.1, -0.05) is 36.0 Å². The van der Waals surface area contributed by atoms with E-state index in [2.05, 4.69) is 10.1 Å². The molecule has 1 aromatic carbocycles. The summed E-state index contributed by atoms with van der Waals surface area (Å²) in [6, 6.07) is 1.41. The number of likely N-dealkylation sites (N-methyl/N-ethyl adjacent to an activating group) is 1. The van der Waals surface area contributed by atoms with Crippen LogP contribution in [0.3, 0.4) is 0 Å². The van der Waals surface area contributed by atoms with Crippen molar-refractivity contribution in [1.29, 1.82) is 0 Å². The average molecular weight is 407 g/mol. The third-order valence-corrected chi connectivity index (χ3v) is 4.28. The van der Waals surface area contributed by atoms with Gasteiger partial charge in [0.2, 0.25) is 5.91 Å². The Bertz CT molecular complexity index is 860. The van der Waals surface area contributed by atoms with Crippen LogP contribution >= 0.6 is 0 Å². The van der Waals surface area contributed by atoms with E-state index in [0.717, 1.165) is 22.3 Å². The van der Waals surface area contributed by atoms with Crippen molar-refractivity contribution in [3.63, 3.8) is 0 Å². The van der Waals surface area contributed by atoms with E-state index < -0.39 is 6.36 Å². The van der Waals surface area contributed by atoms with Gasteiger partial charge >= 0.3 is 6.36 Å². The molecular weight excluding hydrogens is 379 g/mol. The van der Waals surface area contributed by atoms with Crippen LogP contribution in [-0.2, 0) is 4.79 Å². The van der Waals surface area contributed by atoms with E-state index >= 15 is 0 Å². The minimum absolute atomic E-state index is 0.130. The maximum Gasteiger partial charge on any atom is 0.573 e. The van der Waals surface area contributed by atoms with Crippen LogP contribution in [0, 0.1) is 20.8 Å². The highest BCUT2D eigenvalue weighted by Gasteiger charge is 2.32. The van der Waals surface area contributed by atoms with Gasteiger partial charge in [-0.3, -0.25) is 4.79 Å². The van der Waals surface area contributed by atoms with Crippen molar-refractivity contribution in [3.05, 3.63) is 69.8 Å². The van der Waals surface area contributed by atoms with Crippen molar-refractivity contribution in [3.8, 4) is 5.75 Å². The Hall–Kier alpha value is -2.76. The molecular formula is C23H28F3NO2. The number of amides is 1. The fourth-order valence-electron chi connectivity index (χ4n) is 2.65. The van der Waals surface area contributed by atoms with Crippen LogP contribution in [0.4, 0.5) is 13.2 Å². The van der Waals surface area contributed by atoms with Crippen molar-refractivity contribution >= 4 is 12.0 Å². The quantitative estimate of drug-likeness (QED) is 0.438. The van der Waals surface area contributed by atoms with E-state index in [1.807, 2.05) is 51.2 Å². The predicted octanol–water partition coefficient (Wildman–Crippen LogP) is 6.11. The van der Waals surface area contributed by atoms with Crippen LogP contribution in [0.1, 0.15) is 43.0 Å². The van der Waals surface area contributed by atoms with Gasteiger partial charge < -0.3 is 10.1 Å². The Morgan fingerprint density at radius 2 is 1.76 bits per heavy atom. The monoisotopic (exact) mass is 407 g/mol. The lowest BCUT2D eigenvalue weighted by atomic mass is 9.96. The molecule has 0 bridgehead atoms. The molecule has 0 atom stereocenters. The van der Waals surface area contributed by atoms with E-state index in [4.69, 9.17) is 0 Å². The summed E-state index contributed by atoms with van der Waals surface area (Å²) in [6.45, 7) is 11.3. The molecule has 3 nitrogen and oxygen atoms in total. The van der Waals surface area contributed by atoms with Gasteiger partial charge in [0.05, 0.1) is 0 Å². The molecule has 1 amide bonds. The Balaban J connectivity index is 2.97. The number of hydrogen-bond donors (Lipinski definition) is 1. The molecule has 6 heteroatoms. The van der Waals surface area contributed by atoms with Gasteiger partial charge in [0.25, 0.3) is 0 Å². The number of aryl methyl sites for hydroxylation is 1. The molecule has 1 aromatic rings. The largest absolute Gasteiger partial charge is 0.573 e. The Labute approximate surface area is 170 Å². The summed E-state index contributed by atoms with van der Waals surface area (Å²) in [5.74, 6) is -0.302. The van der Waals surface area contributed by atoms with Gasteiger partial charge in [-0.15, -0.1) is 13.2 Å². The second-order valence-electron chi connectivity index (χ2n) is 6.79. The highest BCUT2D eigenvalue weighted by Crippen LogP contribution is 2.32.